The molecule has 0 aliphatic rings. The molecular weight excluding hydrogens is 475 g/mol. The normalized spacial score (nSPS) is 10.9. The Bertz CT molecular complexity index is 471. The first-order chi connectivity index (χ1) is 17.5. The van der Waals surface area contributed by atoms with Crippen molar-refractivity contribution in [1.29, 1.82) is 0 Å². The van der Waals surface area contributed by atoms with Gasteiger partial charge in [-0.2, -0.15) is 0 Å². The Balaban J connectivity index is -0.000000608. The molecule has 0 rings (SSSR count). The fourth-order valence-electron chi connectivity index (χ4n) is 4.21. The molecular formula is C32H58AlO4. The average molecular weight is 534 g/mol. The predicted octanol–water partition coefficient (Wildman–Crippen LogP) is 7.61. The molecule has 0 aromatic rings. The number of rotatable bonds is 26. The van der Waals surface area contributed by atoms with Gasteiger partial charge in [-0.1, -0.05) is 154 Å². The second kappa shape index (κ2) is 37.1. The molecule has 4 nitrogen and oxygen atoms in total. The first kappa shape index (κ1) is 40.4. The van der Waals surface area contributed by atoms with Gasteiger partial charge in [-0.05, 0) is 37.8 Å². The third kappa shape index (κ3) is 45.3. The zero-order chi connectivity index (χ0) is 27.0. The summed E-state index contributed by atoms with van der Waals surface area (Å²) in [5, 5.41) is 20.2. The van der Waals surface area contributed by atoms with Gasteiger partial charge in [0.15, 0.2) is 0 Å². The molecule has 213 valence electrons. The van der Waals surface area contributed by atoms with Crippen molar-refractivity contribution in [3.8, 4) is 0 Å². The van der Waals surface area contributed by atoms with Crippen LogP contribution in [0, 0.1) is 0 Å². The molecule has 0 bridgehead atoms. The number of hydrogen-bond acceptors (Lipinski definition) is 4. The second-order valence-corrected chi connectivity index (χ2v) is 10.1. The van der Waals surface area contributed by atoms with Gasteiger partial charge < -0.3 is 19.8 Å². The number of unbranched alkanes of at least 4 members (excludes halogenated alkanes) is 22. The molecule has 0 aromatic carbocycles. The minimum Gasteiger partial charge on any atom is -0.545 e. The van der Waals surface area contributed by atoms with Crippen LogP contribution in [0.1, 0.15) is 168 Å². The van der Waals surface area contributed by atoms with Gasteiger partial charge in [0.25, 0.3) is 0 Å². The number of carboxylic acids is 2. The van der Waals surface area contributed by atoms with E-state index in [2.05, 4.69) is 13.8 Å². The monoisotopic (exact) mass is 533 g/mol. The van der Waals surface area contributed by atoms with Crippen LogP contribution in [-0.4, -0.2) is 29.3 Å². The first-order valence-electron chi connectivity index (χ1n) is 15.3. The van der Waals surface area contributed by atoms with Crippen molar-refractivity contribution in [2.24, 2.45) is 0 Å². The fraction of sp³-hybridized carbons (Fsp3) is 0.812. The van der Waals surface area contributed by atoms with Crippen molar-refractivity contribution in [1.82, 2.24) is 0 Å². The summed E-state index contributed by atoms with van der Waals surface area (Å²) in [7, 11) is 0. The molecule has 0 aliphatic heterocycles. The van der Waals surface area contributed by atoms with Crippen LogP contribution < -0.4 is 10.2 Å². The van der Waals surface area contributed by atoms with Crippen LogP contribution in [0.4, 0.5) is 0 Å². The van der Waals surface area contributed by atoms with Crippen LogP contribution >= 0.6 is 0 Å². The Kier molecular flexibility index (Phi) is 40.6. The zero-order valence-corrected chi connectivity index (χ0v) is 25.6. The minimum absolute atomic E-state index is 0. The van der Waals surface area contributed by atoms with Crippen molar-refractivity contribution < 1.29 is 19.8 Å². The number of carbonyl (C=O) groups excluding carboxylic acids is 2. The van der Waals surface area contributed by atoms with E-state index in [4.69, 9.17) is 0 Å². The third-order valence-electron chi connectivity index (χ3n) is 6.46. The maximum Gasteiger partial charge on any atom is 2.00 e. The summed E-state index contributed by atoms with van der Waals surface area (Å²) in [4.78, 5) is 20.2. The van der Waals surface area contributed by atoms with E-state index >= 15 is 0 Å². The number of allylic oxidation sites excluding steroid dienone is 2. The molecule has 0 amide bonds. The molecule has 0 aromatic heterocycles. The average Bonchev–Trinajstić information content (AvgIpc) is 2.85. The molecule has 0 fully saturated rings. The van der Waals surface area contributed by atoms with Crippen LogP contribution in [0.25, 0.3) is 0 Å². The van der Waals surface area contributed by atoms with Crippen LogP contribution in [0.2, 0.25) is 0 Å². The molecule has 37 heavy (non-hydrogen) atoms. The maximum atomic E-state index is 10.1. The molecule has 0 unspecified atom stereocenters. The van der Waals surface area contributed by atoms with E-state index in [9.17, 15) is 19.8 Å². The van der Waals surface area contributed by atoms with Gasteiger partial charge in [0.2, 0.25) is 0 Å². The molecule has 0 spiro atoms. The van der Waals surface area contributed by atoms with Gasteiger partial charge in [0.05, 0.1) is 11.9 Å². The van der Waals surface area contributed by atoms with Gasteiger partial charge in [-0.15, -0.1) is 0 Å². The Morgan fingerprint density at radius 3 is 0.865 bits per heavy atom. The molecule has 1 radical (unpaired) electrons. The molecule has 0 saturated carbocycles. The first-order valence-corrected chi connectivity index (χ1v) is 15.3. The summed E-state index contributed by atoms with van der Waals surface area (Å²) in [5.74, 6) is -2.17. The summed E-state index contributed by atoms with van der Waals surface area (Å²) in [6, 6.07) is 0. The maximum absolute atomic E-state index is 10.1. The summed E-state index contributed by atoms with van der Waals surface area (Å²) < 4.78 is 0. The summed E-state index contributed by atoms with van der Waals surface area (Å²) in [6.07, 6.45) is 36.6. The van der Waals surface area contributed by atoms with Gasteiger partial charge in [-0.3, -0.25) is 0 Å². The van der Waals surface area contributed by atoms with E-state index in [1.54, 1.807) is 12.2 Å². The Hall–Kier alpha value is -1.05. The molecule has 0 atom stereocenters. The third-order valence-corrected chi connectivity index (χ3v) is 6.46. The van der Waals surface area contributed by atoms with Crippen molar-refractivity contribution in [2.75, 3.05) is 0 Å². The van der Waals surface area contributed by atoms with Crippen molar-refractivity contribution >= 4 is 29.3 Å². The smallest absolute Gasteiger partial charge is 0.545 e. The number of carboxylic acid groups (broad SMARTS) is 2. The van der Waals surface area contributed by atoms with Crippen LogP contribution in [0.15, 0.2) is 24.3 Å². The molecule has 0 aliphatic carbocycles. The van der Waals surface area contributed by atoms with E-state index < -0.39 is 11.9 Å². The van der Waals surface area contributed by atoms with Gasteiger partial charge >= 0.3 is 17.4 Å². The second-order valence-electron chi connectivity index (χ2n) is 10.1. The Labute approximate surface area is 240 Å². The zero-order valence-electron chi connectivity index (χ0n) is 24.5. The molecule has 0 saturated heterocycles. The van der Waals surface area contributed by atoms with Gasteiger partial charge in [0.1, 0.15) is 0 Å². The van der Waals surface area contributed by atoms with Crippen molar-refractivity contribution in [3.63, 3.8) is 0 Å². The predicted molar refractivity (Wildman–Crippen MR) is 156 cm³/mol. The molecule has 0 heterocycles. The van der Waals surface area contributed by atoms with Gasteiger partial charge in [-0.25, -0.2) is 0 Å². The van der Waals surface area contributed by atoms with E-state index in [0.717, 1.165) is 37.8 Å². The van der Waals surface area contributed by atoms with Crippen molar-refractivity contribution in [2.45, 2.75) is 168 Å². The topological polar surface area (TPSA) is 80.3 Å². The van der Waals surface area contributed by atoms with E-state index in [-0.39, 0.29) is 17.4 Å². The number of hydrogen-bond donors (Lipinski definition) is 0. The van der Waals surface area contributed by atoms with Crippen LogP contribution in [-0.2, 0) is 9.59 Å². The quantitative estimate of drug-likeness (QED) is 0.0651. The minimum atomic E-state index is -1.09. The number of aliphatic carboxylic acids is 2. The van der Waals surface area contributed by atoms with E-state index in [1.807, 2.05) is 0 Å². The fourth-order valence-corrected chi connectivity index (χ4v) is 4.21. The standard InChI is InChI=1S/2C16H30O2.Al/c2*1-2-3-4-5-6-7-8-9-10-11-12-13-14-15-16(17)18;/h2*14-15H,2-13H2,1H3,(H,17,18);/q;;+2/p-2. The van der Waals surface area contributed by atoms with Crippen molar-refractivity contribution in [3.05, 3.63) is 24.3 Å². The van der Waals surface area contributed by atoms with E-state index in [0.29, 0.717) is 0 Å². The van der Waals surface area contributed by atoms with Crippen LogP contribution in [0.5, 0.6) is 0 Å². The van der Waals surface area contributed by atoms with Gasteiger partial charge in [0, 0.05) is 0 Å². The Morgan fingerprint density at radius 1 is 0.432 bits per heavy atom. The summed E-state index contributed by atoms with van der Waals surface area (Å²) in [6.45, 7) is 4.50. The summed E-state index contributed by atoms with van der Waals surface area (Å²) in [5.41, 5.74) is 0. The SMILES string of the molecule is CCCCCCCCCCCCCC=CC(=O)[O-].CCCCCCCCCCCCCC=CC(=O)[O-].[Al+2]. The Morgan fingerprint density at radius 2 is 0.649 bits per heavy atom. The largest absolute Gasteiger partial charge is 2.00 e. The van der Waals surface area contributed by atoms with Crippen LogP contribution in [0.3, 0.4) is 0 Å². The number of carbonyl (C=O) groups is 2. The molecule has 0 N–H and O–H groups in total. The summed E-state index contributed by atoms with van der Waals surface area (Å²) >= 11 is 0. The molecule has 5 heteroatoms. The van der Waals surface area contributed by atoms with E-state index in [1.165, 1.54) is 128 Å².